The van der Waals surface area contributed by atoms with Gasteiger partial charge in [0, 0.05) is 24.1 Å². The zero-order valence-corrected chi connectivity index (χ0v) is 19.7. The third kappa shape index (κ3) is 4.88. The van der Waals surface area contributed by atoms with E-state index in [4.69, 9.17) is 0 Å². The van der Waals surface area contributed by atoms with Crippen LogP contribution in [-0.2, 0) is 16.1 Å². The SMILES string of the molecule is CCCCC(C)[C@@H](NC(=O)c1ccc2c(c1)CN(C1CCC(=O)NC1=O)C2=O)c1ccccc1. The number of unbranched alkanes of at least 4 members (excludes halogenated alkanes) is 1. The van der Waals surface area contributed by atoms with Crippen LogP contribution in [0.2, 0.25) is 0 Å². The number of benzene rings is 2. The number of hydrogen-bond donors (Lipinski definition) is 2. The Kier molecular flexibility index (Phi) is 7.10. The van der Waals surface area contributed by atoms with Crippen LogP contribution in [0.1, 0.15) is 83.8 Å². The van der Waals surface area contributed by atoms with Crippen molar-refractivity contribution in [3.8, 4) is 0 Å². The Morgan fingerprint density at radius 1 is 1.15 bits per heavy atom. The van der Waals surface area contributed by atoms with Gasteiger partial charge in [-0.25, -0.2) is 0 Å². The number of nitrogens with one attached hydrogen (secondary N) is 2. The summed E-state index contributed by atoms with van der Waals surface area (Å²) in [6.45, 7) is 4.57. The van der Waals surface area contributed by atoms with Gasteiger partial charge in [-0.3, -0.25) is 24.5 Å². The molecule has 3 atom stereocenters. The first-order chi connectivity index (χ1) is 16.4. The Hall–Kier alpha value is -3.48. The fraction of sp³-hybridized carbons (Fsp3) is 0.407. The molecule has 2 aromatic rings. The van der Waals surface area contributed by atoms with Crippen molar-refractivity contribution < 1.29 is 19.2 Å². The minimum Gasteiger partial charge on any atom is -0.345 e. The number of hydrogen-bond acceptors (Lipinski definition) is 4. The number of rotatable bonds is 8. The maximum atomic E-state index is 13.2. The predicted molar refractivity (Wildman–Crippen MR) is 128 cm³/mol. The second-order valence-corrected chi connectivity index (χ2v) is 9.25. The van der Waals surface area contributed by atoms with Crippen molar-refractivity contribution in [3.05, 3.63) is 70.8 Å². The molecule has 0 aromatic heterocycles. The second-order valence-electron chi connectivity index (χ2n) is 9.25. The van der Waals surface area contributed by atoms with Crippen LogP contribution in [0.4, 0.5) is 0 Å². The molecule has 4 amide bonds. The molecule has 7 heteroatoms. The molecule has 1 fully saturated rings. The number of imide groups is 1. The Labute approximate surface area is 199 Å². The van der Waals surface area contributed by atoms with Crippen molar-refractivity contribution in [1.29, 1.82) is 0 Å². The number of carbonyl (C=O) groups excluding carboxylic acids is 4. The van der Waals surface area contributed by atoms with Crippen molar-refractivity contribution in [2.24, 2.45) is 5.92 Å². The lowest BCUT2D eigenvalue weighted by Gasteiger charge is -2.29. The van der Waals surface area contributed by atoms with Crippen LogP contribution in [0, 0.1) is 5.92 Å². The van der Waals surface area contributed by atoms with Crippen molar-refractivity contribution in [2.75, 3.05) is 0 Å². The average molecular weight is 462 g/mol. The number of amides is 4. The van der Waals surface area contributed by atoms with Gasteiger partial charge < -0.3 is 10.2 Å². The smallest absolute Gasteiger partial charge is 0.255 e. The highest BCUT2D eigenvalue weighted by molar-refractivity contribution is 6.06. The van der Waals surface area contributed by atoms with Crippen molar-refractivity contribution >= 4 is 23.6 Å². The zero-order valence-electron chi connectivity index (χ0n) is 19.7. The molecule has 0 bridgehead atoms. The van der Waals surface area contributed by atoms with E-state index in [2.05, 4.69) is 24.5 Å². The molecule has 2 N–H and O–H groups in total. The molecule has 0 radical (unpaired) electrons. The predicted octanol–water partition coefficient (Wildman–Crippen LogP) is 3.75. The molecule has 1 saturated heterocycles. The Bertz CT molecular complexity index is 1100. The maximum absolute atomic E-state index is 13.2. The van der Waals surface area contributed by atoms with Crippen LogP contribution in [0.5, 0.6) is 0 Å². The summed E-state index contributed by atoms with van der Waals surface area (Å²) in [6, 6.07) is 14.3. The monoisotopic (exact) mass is 461 g/mol. The van der Waals surface area contributed by atoms with Gasteiger partial charge in [-0.1, -0.05) is 57.0 Å². The molecular weight excluding hydrogens is 430 g/mol. The molecule has 0 spiro atoms. The highest BCUT2D eigenvalue weighted by Gasteiger charge is 2.39. The van der Waals surface area contributed by atoms with E-state index in [9.17, 15) is 19.2 Å². The van der Waals surface area contributed by atoms with Gasteiger partial charge in [-0.05, 0) is 48.1 Å². The van der Waals surface area contributed by atoms with Crippen molar-refractivity contribution in [3.63, 3.8) is 0 Å². The van der Waals surface area contributed by atoms with E-state index < -0.39 is 11.9 Å². The topological polar surface area (TPSA) is 95.6 Å². The van der Waals surface area contributed by atoms with Crippen molar-refractivity contribution in [2.45, 2.75) is 64.6 Å². The van der Waals surface area contributed by atoms with Gasteiger partial charge in [-0.15, -0.1) is 0 Å². The van der Waals surface area contributed by atoms with Gasteiger partial charge in [0.15, 0.2) is 0 Å². The van der Waals surface area contributed by atoms with Crippen molar-refractivity contribution in [1.82, 2.24) is 15.5 Å². The van der Waals surface area contributed by atoms with Gasteiger partial charge in [0.05, 0.1) is 6.04 Å². The first kappa shape index (κ1) is 23.7. The highest BCUT2D eigenvalue weighted by Crippen LogP contribution is 2.30. The molecule has 2 aliphatic heterocycles. The zero-order chi connectivity index (χ0) is 24.2. The van der Waals surface area contributed by atoms with E-state index in [0.29, 0.717) is 17.5 Å². The third-order valence-electron chi connectivity index (χ3n) is 6.81. The summed E-state index contributed by atoms with van der Waals surface area (Å²) in [5, 5.41) is 5.52. The fourth-order valence-corrected chi connectivity index (χ4v) is 4.85. The maximum Gasteiger partial charge on any atom is 0.255 e. The Morgan fingerprint density at radius 3 is 2.62 bits per heavy atom. The molecule has 178 valence electrons. The summed E-state index contributed by atoms with van der Waals surface area (Å²) in [7, 11) is 0. The van der Waals surface area contributed by atoms with Crippen LogP contribution < -0.4 is 10.6 Å². The molecule has 0 saturated carbocycles. The van der Waals surface area contributed by atoms with E-state index in [1.54, 1.807) is 18.2 Å². The van der Waals surface area contributed by atoms with Crippen LogP contribution in [0.3, 0.4) is 0 Å². The molecule has 7 nitrogen and oxygen atoms in total. The van der Waals surface area contributed by atoms with Crippen LogP contribution in [0.25, 0.3) is 0 Å². The second kappa shape index (κ2) is 10.2. The number of carbonyl (C=O) groups is 4. The average Bonchev–Trinajstić information content (AvgIpc) is 3.16. The summed E-state index contributed by atoms with van der Waals surface area (Å²) < 4.78 is 0. The lowest BCUT2D eigenvalue weighted by atomic mass is 9.90. The molecule has 2 heterocycles. The molecule has 2 aromatic carbocycles. The van der Waals surface area contributed by atoms with E-state index in [0.717, 1.165) is 30.4 Å². The lowest BCUT2D eigenvalue weighted by molar-refractivity contribution is -0.136. The molecule has 0 aliphatic carbocycles. The number of nitrogens with zero attached hydrogens (tertiary/aromatic N) is 1. The Morgan fingerprint density at radius 2 is 1.91 bits per heavy atom. The van der Waals surface area contributed by atoms with Gasteiger partial charge in [0.2, 0.25) is 11.8 Å². The fourth-order valence-electron chi connectivity index (χ4n) is 4.85. The van der Waals surface area contributed by atoms with Crippen LogP contribution >= 0.6 is 0 Å². The number of piperidine rings is 1. The third-order valence-corrected chi connectivity index (χ3v) is 6.81. The van der Waals surface area contributed by atoms with Gasteiger partial charge in [-0.2, -0.15) is 0 Å². The standard InChI is InChI=1S/C27H31N3O4/c1-3-4-8-17(2)24(18-9-6-5-7-10-18)29-25(32)19-11-12-21-20(15-19)16-30(27(21)34)22-13-14-23(31)28-26(22)33/h5-7,9-12,15,17,22,24H,3-4,8,13-14,16H2,1-2H3,(H,29,32)(H,28,31,33)/t17?,22?,24-/m1/s1. The highest BCUT2D eigenvalue weighted by atomic mass is 16.2. The molecule has 4 rings (SSSR count). The normalized spacial score (nSPS) is 19.4. The molecule has 2 aliphatic rings. The lowest BCUT2D eigenvalue weighted by Crippen LogP contribution is -2.52. The van der Waals surface area contributed by atoms with E-state index in [1.165, 1.54) is 4.90 Å². The summed E-state index contributed by atoms with van der Waals surface area (Å²) in [4.78, 5) is 51.4. The number of fused-ring (bicyclic) bond motifs is 1. The first-order valence-corrected chi connectivity index (χ1v) is 12.0. The molecule has 2 unspecified atom stereocenters. The summed E-state index contributed by atoms with van der Waals surface area (Å²) >= 11 is 0. The minimum absolute atomic E-state index is 0.116. The quantitative estimate of drug-likeness (QED) is 0.586. The summed E-state index contributed by atoms with van der Waals surface area (Å²) in [5.74, 6) is -0.920. The van der Waals surface area contributed by atoms with Gasteiger partial charge in [0.25, 0.3) is 11.8 Å². The molecular formula is C27H31N3O4. The van der Waals surface area contributed by atoms with Gasteiger partial charge >= 0.3 is 0 Å². The molecule has 34 heavy (non-hydrogen) atoms. The Balaban J connectivity index is 1.51. The first-order valence-electron chi connectivity index (χ1n) is 12.0. The van der Waals surface area contributed by atoms with E-state index >= 15 is 0 Å². The van der Waals surface area contributed by atoms with Crippen LogP contribution in [-0.4, -0.2) is 34.6 Å². The van der Waals surface area contributed by atoms with Crippen LogP contribution in [0.15, 0.2) is 48.5 Å². The largest absolute Gasteiger partial charge is 0.345 e. The summed E-state index contributed by atoms with van der Waals surface area (Å²) in [6.07, 6.45) is 3.73. The minimum atomic E-state index is -0.670. The van der Waals surface area contributed by atoms with Gasteiger partial charge in [0.1, 0.15) is 6.04 Å². The van der Waals surface area contributed by atoms with E-state index in [-0.39, 0.29) is 42.6 Å². The summed E-state index contributed by atoms with van der Waals surface area (Å²) in [5.41, 5.74) is 2.77. The van der Waals surface area contributed by atoms with E-state index in [1.807, 2.05) is 30.3 Å².